The minimum absolute atomic E-state index is 0.0112. The summed E-state index contributed by atoms with van der Waals surface area (Å²) < 4.78 is 5.86. The highest BCUT2D eigenvalue weighted by atomic mass is 35.5. The van der Waals surface area contributed by atoms with Crippen molar-refractivity contribution in [3.8, 4) is 5.75 Å². The molecule has 2 aromatic carbocycles. The van der Waals surface area contributed by atoms with Gasteiger partial charge in [0.15, 0.2) is 0 Å². The van der Waals surface area contributed by atoms with E-state index >= 15 is 0 Å². The zero-order chi connectivity index (χ0) is 20.9. The number of amides is 1. The number of carbonyl (C=O) groups is 1. The molecule has 0 bridgehead atoms. The van der Waals surface area contributed by atoms with Gasteiger partial charge >= 0.3 is 0 Å². The Morgan fingerprint density at radius 2 is 1.67 bits per heavy atom. The highest BCUT2D eigenvalue weighted by Crippen LogP contribution is 2.27. The van der Waals surface area contributed by atoms with Crippen molar-refractivity contribution in [2.75, 3.05) is 31.1 Å². The highest BCUT2D eigenvalue weighted by Gasteiger charge is 2.25. The number of rotatable bonds is 5. The second-order valence-electron chi connectivity index (χ2n) is 7.00. The van der Waals surface area contributed by atoms with Crippen LogP contribution in [0.1, 0.15) is 15.9 Å². The molecule has 1 fully saturated rings. The molecule has 0 aliphatic carbocycles. The Morgan fingerprint density at radius 3 is 2.40 bits per heavy atom. The van der Waals surface area contributed by atoms with Crippen molar-refractivity contribution in [3.05, 3.63) is 88.0 Å². The maximum atomic E-state index is 13.2. The second-order valence-corrected chi connectivity index (χ2v) is 7.84. The van der Waals surface area contributed by atoms with Crippen molar-refractivity contribution < 1.29 is 9.53 Å². The van der Waals surface area contributed by atoms with Gasteiger partial charge in [0.05, 0.1) is 10.0 Å². The first-order valence-corrected chi connectivity index (χ1v) is 10.5. The number of nitrogens with zero attached hydrogens (tertiary/aromatic N) is 3. The van der Waals surface area contributed by atoms with Gasteiger partial charge in [0.2, 0.25) is 0 Å². The summed E-state index contributed by atoms with van der Waals surface area (Å²) in [6.45, 7) is 2.84. The van der Waals surface area contributed by atoms with Crippen LogP contribution in [0.5, 0.6) is 5.75 Å². The minimum atomic E-state index is 0.0112. The number of anilines is 1. The van der Waals surface area contributed by atoms with Crippen molar-refractivity contribution in [1.82, 2.24) is 9.88 Å². The van der Waals surface area contributed by atoms with Crippen LogP contribution in [-0.2, 0) is 6.61 Å². The van der Waals surface area contributed by atoms with E-state index in [1.54, 1.807) is 12.3 Å². The predicted molar refractivity (Wildman–Crippen MR) is 120 cm³/mol. The molecule has 1 aliphatic heterocycles. The average molecular weight is 442 g/mol. The molecular weight excluding hydrogens is 421 g/mol. The molecule has 0 unspecified atom stereocenters. The number of benzene rings is 2. The standard InChI is InChI=1S/C23H21Cl2N3O2/c24-18-14-21(25)22(26-15-18)27-10-12-28(13-11-27)23(29)20-9-5-4-6-17(20)16-30-19-7-2-1-3-8-19/h1-9,14-15H,10-13,16H2. The van der Waals surface area contributed by atoms with Gasteiger partial charge in [0.25, 0.3) is 5.91 Å². The van der Waals surface area contributed by atoms with Crippen molar-refractivity contribution in [2.45, 2.75) is 6.61 Å². The van der Waals surface area contributed by atoms with Crippen LogP contribution in [0.4, 0.5) is 5.82 Å². The first kappa shape index (κ1) is 20.5. The fourth-order valence-electron chi connectivity index (χ4n) is 3.46. The van der Waals surface area contributed by atoms with E-state index in [9.17, 15) is 4.79 Å². The second kappa shape index (κ2) is 9.37. The molecule has 0 spiro atoms. The van der Waals surface area contributed by atoms with Gasteiger partial charge in [-0.05, 0) is 24.3 Å². The van der Waals surface area contributed by atoms with E-state index in [2.05, 4.69) is 9.88 Å². The zero-order valence-electron chi connectivity index (χ0n) is 16.3. The van der Waals surface area contributed by atoms with Crippen LogP contribution in [-0.4, -0.2) is 42.0 Å². The van der Waals surface area contributed by atoms with Gasteiger partial charge in [-0.15, -0.1) is 0 Å². The molecule has 1 aromatic heterocycles. The van der Waals surface area contributed by atoms with E-state index in [0.717, 1.165) is 11.3 Å². The Bertz CT molecular complexity index is 1020. The van der Waals surface area contributed by atoms with Crippen LogP contribution < -0.4 is 9.64 Å². The number of para-hydroxylation sites is 1. The van der Waals surface area contributed by atoms with Gasteiger partial charge in [-0.25, -0.2) is 4.98 Å². The Labute approximate surface area is 185 Å². The Morgan fingerprint density at radius 1 is 0.967 bits per heavy atom. The molecule has 0 atom stereocenters. The van der Waals surface area contributed by atoms with E-state index in [1.807, 2.05) is 59.5 Å². The summed E-state index contributed by atoms with van der Waals surface area (Å²) in [5.74, 6) is 1.49. The summed E-state index contributed by atoms with van der Waals surface area (Å²) >= 11 is 12.2. The quantitative estimate of drug-likeness (QED) is 0.562. The van der Waals surface area contributed by atoms with Gasteiger partial charge in [-0.2, -0.15) is 0 Å². The fraction of sp³-hybridized carbons (Fsp3) is 0.217. The summed E-state index contributed by atoms with van der Waals surface area (Å²) in [6.07, 6.45) is 1.59. The smallest absolute Gasteiger partial charge is 0.254 e. The van der Waals surface area contributed by atoms with E-state index in [1.165, 1.54) is 0 Å². The molecule has 1 aliphatic rings. The predicted octanol–water partition coefficient (Wildman–Crippen LogP) is 4.93. The summed E-state index contributed by atoms with van der Waals surface area (Å²) in [6, 6.07) is 18.9. The SMILES string of the molecule is O=C(c1ccccc1COc1ccccc1)N1CCN(c2ncc(Cl)cc2Cl)CC1. The lowest BCUT2D eigenvalue weighted by Crippen LogP contribution is -2.49. The van der Waals surface area contributed by atoms with Crippen LogP contribution in [0.2, 0.25) is 10.0 Å². The van der Waals surface area contributed by atoms with Crippen LogP contribution in [0.25, 0.3) is 0 Å². The van der Waals surface area contributed by atoms with Gasteiger partial charge in [-0.1, -0.05) is 59.6 Å². The maximum Gasteiger partial charge on any atom is 0.254 e. The summed E-state index contributed by atoms with van der Waals surface area (Å²) in [5, 5.41) is 1.03. The van der Waals surface area contributed by atoms with Crippen molar-refractivity contribution in [1.29, 1.82) is 0 Å². The molecule has 1 saturated heterocycles. The molecule has 30 heavy (non-hydrogen) atoms. The summed E-state index contributed by atoms with van der Waals surface area (Å²) in [7, 11) is 0. The van der Waals surface area contributed by atoms with Crippen molar-refractivity contribution in [2.24, 2.45) is 0 Å². The van der Waals surface area contributed by atoms with E-state index in [-0.39, 0.29) is 5.91 Å². The number of ether oxygens (including phenoxy) is 1. The number of carbonyl (C=O) groups excluding carboxylic acids is 1. The Balaban J connectivity index is 1.42. The number of pyridine rings is 1. The van der Waals surface area contributed by atoms with Gasteiger partial charge < -0.3 is 14.5 Å². The van der Waals surface area contributed by atoms with E-state index < -0.39 is 0 Å². The third kappa shape index (κ3) is 4.69. The van der Waals surface area contributed by atoms with Gasteiger partial charge in [0, 0.05) is 43.5 Å². The summed E-state index contributed by atoms with van der Waals surface area (Å²) in [4.78, 5) is 21.5. The topological polar surface area (TPSA) is 45.7 Å². The number of hydrogen-bond acceptors (Lipinski definition) is 4. The molecule has 0 saturated carbocycles. The molecule has 1 amide bonds. The Kier molecular flexibility index (Phi) is 6.41. The average Bonchev–Trinajstić information content (AvgIpc) is 2.78. The molecule has 4 rings (SSSR count). The van der Waals surface area contributed by atoms with Crippen molar-refractivity contribution in [3.63, 3.8) is 0 Å². The van der Waals surface area contributed by atoms with E-state index in [4.69, 9.17) is 27.9 Å². The minimum Gasteiger partial charge on any atom is -0.489 e. The summed E-state index contributed by atoms with van der Waals surface area (Å²) in [5.41, 5.74) is 1.54. The van der Waals surface area contributed by atoms with Gasteiger partial charge in [-0.3, -0.25) is 4.79 Å². The number of aromatic nitrogens is 1. The zero-order valence-corrected chi connectivity index (χ0v) is 17.8. The molecule has 0 radical (unpaired) electrons. The largest absolute Gasteiger partial charge is 0.489 e. The van der Waals surface area contributed by atoms with Crippen LogP contribution >= 0.6 is 23.2 Å². The highest BCUT2D eigenvalue weighted by molar-refractivity contribution is 6.36. The lowest BCUT2D eigenvalue weighted by atomic mass is 10.1. The molecule has 154 valence electrons. The molecule has 0 N–H and O–H groups in total. The molecule has 2 heterocycles. The van der Waals surface area contributed by atoms with Crippen LogP contribution in [0, 0.1) is 0 Å². The third-order valence-corrected chi connectivity index (χ3v) is 5.52. The molecular formula is C23H21Cl2N3O2. The number of halogens is 2. The number of piperazine rings is 1. The first-order valence-electron chi connectivity index (χ1n) is 9.73. The van der Waals surface area contributed by atoms with Crippen LogP contribution in [0.15, 0.2) is 66.9 Å². The maximum absolute atomic E-state index is 13.2. The Hall–Kier alpha value is -2.76. The molecule has 3 aromatic rings. The molecule has 7 heteroatoms. The van der Waals surface area contributed by atoms with Crippen molar-refractivity contribution >= 4 is 34.9 Å². The lowest BCUT2D eigenvalue weighted by molar-refractivity contribution is 0.0743. The number of hydrogen-bond donors (Lipinski definition) is 0. The molecule has 5 nitrogen and oxygen atoms in total. The monoisotopic (exact) mass is 441 g/mol. The van der Waals surface area contributed by atoms with E-state index in [0.29, 0.717) is 54.2 Å². The third-order valence-electron chi connectivity index (χ3n) is 5.04. The lowest BCUT2D eigenvalue weighted by Gasteiger charge is -2.36. The normalized spacial score (nSPS) is 13.9. The first-order chi connectivity index (χ1) is 14.6. The van der Waals surface area contributed by atoms with Crippen LogP contribution in [0.3, 0.4) is 0 Å². The van der Waals surface area contributed by atoms with Gasteiger partial charge in [0.1, 0.15) is 18.2 Å². The fourth-order valence-corrected chi connectivity index (χ4v) is 3.96.